The molecule has 0 aromatic heterocycles. The Hall–Kier alpha value is -2.93. The van der Waals surface area contributed by atoms with E-state index < -0.39 is 6.10 Å². The zero-order chi connectivity index (χ0) is 23.8. The third kappa shape index (κ3) is 6.79. The lowest BCUT2D eigenvalue weighted by Crippen LogP contribution is -2.39. The molecule has 6 heteroatoms. The summed E-state index contributed by atoms with van der Waals surface area (Å²) in [6.45, 7) is 7.00. The lowest BCUT2D eigenvalue weighted by Gasteiger charge is -2.28. The van der Waals surface area contributed by atoms with Crippen LogP contribution in [0.2, 0.25) is 0 Å². The molecule has 1 unspecified atom stereocenters. The molecular formula is C28H34N2O4. The van der Waals surface area contributed by atoms with E-state index in [9.17, 15) is 9.90 Å². The van der Waals surface area contributed by atoms with Crippen molar-refractivity contribution < 1.29 is 19.4 Å². The molecule has 2 aromatic carbocycles. The fourth-order valence-electron chi connectivity index (χ4n) is 4.24. The van der Waals surface area contributed by atoms with E-state index in [4.69, 9.17) is 9.47 Å². The molecule has 0 bridgehead atoms. The first kappa shape index (κ1) is 24.2. The molecule has 1 fully saturated rings. The van der Waals surface area contributed by atoms with Crippen LogP contribution in [0.1, 0.15) is 23.1 Å². The van der Waals surface area contributed by atoms with Gasteiger partial charge in [-0.15, -0.1) is 0 Å². The minimum atomic E-state index is -0.596. The zero-order valence-corrected chi connectivity index (χ0v) is 19.9. The predicted octanol–water partition coefficient (Wildman–Crippen LogP) is 3.40. The Morgan fingerprint density at radius 3 is 2.62 bits per heavy atom. The molecule has 1 amide bonds. The highest BCUT2D eigenvalue weighted by Crippen LogP contribution is 2.23. The molecule has 0 spiro atoms. The molecule has 2 heterocycles. The van der Waals surface area contributed by atoms with Gasteiger partial charge in [-0.3, -0.25) is 9.69 Å². The summed E-state index contributed by atoms with van der Waals surface area (Å²) in [5.41, 5.74) is 4.74. The predicted molar refractivity (Wildman–Crippen MR) is 135 cm³/mol. The normalized spacial score (nSPS) is 18.1. The van der Waals surface area contributed by atoms with E-state index in [2.05, 4.69) is 42.2 Å². The van der Waals surface area contributed by atoms with Crippen molar-refractivity contribution in [2.24, 2.45) is 0 Å². The van der Waals surface area contributed by atoms with Crippen molar-refractivity contribution in [3.05, 3.63) is 77.4 Å². The number of nitrogens with zero attached hydrogens (tertiary/aromatic N) is 2. The third-order valence-electron chi connectivity index (χ3n) is 6.26. The van der Waals surface area contributed by atoms with Gasteiger partial charge in [0.2, 0.25) is 5.91 Å². The van der Waals surface area contributed by atoms with Crippen LogP contribution in [0.5, 0.6) is 5.75 Å². The van der Waals surface area contributed by atoms with Crippen LogP contribution in [0, 0.1) is 6.92 Å². The van der Waals surface area contributed by atoms with E-state index in [1.54, 1.807) is 17.1 Å². The number of β-amino-alcohol motifs (C(OH)–C–C–N with tert-alkyl or cyclic N) is 1. The fraction of sp³-hybridized carbons (Fsp3) is 0.393. The maximum atomic E-state index is 12.4. The van der Waals surface area contributed by atoms with E-state index >= 15 is 0 Å². The maximum absolute atomic E-state index is 12.4. The largest absolute Gasteiger partial charge is 0.490 e. The van der Waals surface area contributed by atoms with Crippen LogP contribution in [0.4, 0.5) is 0 Å². The van der Waals surface area contributed by atoms with E-state index in [0.29, 0.717) is 38.6 Å². The standard InChI is InChI=1S/C28H34N2O4/c1-22-6-8-23(9-7-22)24-12-14-29(15-13-24)20-26(31)21-34-27-5-3-2-4-25(27)10-11-28(32)30-16-18-33-19-17-30/h2-12,26,31H,13-21H2,1H3. The first-order chi connectivity index (χ1) is 16.6. The summed E-state index contributed by atoms with van der Waals surface area (Å²) >= 11 is 0. The van der Waals surface area contributed by atoms with Gasteiger partial charge >= 0.3 is 0 Å². The number of aliphatic hydroxyl groups is 1. The summed E-state index contributed by atoms with van der Waals surface area (Å²) in [6, 6.07) is 16.2. The Kier molecular flexibility index (Phi) is 8.52. The van der Waals surface area contributed by atoms with Crippen LogP contribution in [-0.4, -0.2) is 79.5 Å². The minimum Gasteiger partial charge on any atom is -0.490 e. The Morgan fingerprint density at radius 2 is 1.88 bits per heavy atom. The van der Waals surface area contributed by atoms with Crippen LogP contribution in [0.25, 0.3) is 11.6 Å². The van der Waals surface area contributed by atoms with E-state index in [1.165, 1.54) is 16.7 Å². The molecule has 0 aliphatic carbocycles. The van der Waals surface area contributed by atoms with Gasteiger partial charge in [-0.25, -0.2) is 0 Å². The Morgan fingerprint density at radius 1 is 1.12 bits per heavy atom. The van der Waals surface area contributed by atoms with Crippen molar-refractivity contribution in [1.29, 1.82) is 0 Å². The number of hydrogen-bond donors (Lipinski definition) is 1. The van der Waals surface area contributed by atoms with Crippen molar-refractivity contribution in [1.82, 2.24) is 9.80 Å². The zero-order valence-electron chi connectivity index (χ0n) is 19.9. The highest BCUT2D eigenvalue weighted by molar-refractivity contribution is 5.92. The number of aliphatic hydroxyl groups excluding tert-OH is 1. The summed E-state index contributed by atoms with van der Waals surface area (Å²) < 4.78 is 11.2. The smallest absolute Gasteiger partial charge is 0.246 e. The summed E-state index contributed by atoms with van der Waals surface area (Å²) in [7, 11) is 0. The number of aryl methyl sites for hydroxylation is 1. The van der Waals surface area contributed by atoms with Gasteiger partial charge in [0, 0.05) is 44.4 Å². The van der Waals surface area contributed by atoms with Gasteiger partial charge in [0.1, 0.15) is 18.5 Å². The molecule has 34 heavy (non-hydrogen) atoms. The molecule has 0 saturated carbocycles. The Balaban J connectivity index is 1.26. The quantitative estimate of drug-likeness (QED) is 0.610. The molecule has 1 saturated heterocycles. The molecule has 2 aromatic rings. The second-order valence-corrected chi connectivity index (χ2v) is 8.88. The van der Waals surface area contributed by atoms with Crippen LogP contribution in [0.3, 0.4) is 0 Å². The number of carbonyl (C=O) groups excluding carboxylic acids is 1. The first-order valence-electron chi connectivity index (χ1n) is 12.0. The van der Waals surface area contributed by atoms with E-state index in [-0.39, 0.29) is 12.5 Å². The van der Waals surface area contributed by atoms with Crippen LogP contribution in [-0.2, 0) is 9.53 Å². The highest BCUT2D eigenvalue weighted by Gasteiger charge is 2.17. The van der Waals surface area contributed by atoms with Gasteiger partial charge in [-0.2, -0.15) is 0 Å². The number of benzene rings is 2. The summed E-state index contributed by atoms with van der Waals surface area (Å²) in [4.78, 5) is 16.4. The van der Waals surface area contributed by atoms with Crippen molar-refractivity contribution in [2.45, 2.75) is 19.4 Å². The molecule has 180 valence electrons. The molecular weight excluding hydrogens is 428 g/mol. The number of hydrogen-bond acceptors (Lipinski definition) is 5. The molecule has 2 aliphatic rings. The van der Waals surface area contributed by atoms with E-state index in [0.717, 1.165) is 25.1 Å². The van der Waals surface area contributed by atoms with Crippen LogP contribution >= 0.6 is 0 Å². The number of rotatable bonds is 8. The van der Waals surface area contributed by atoms with Crippen molar-refractivity contribution in [3.63, 3.8) is 0 Å². The first-order valence-corrected chi connectivity index (χ1v) is 12.0. The molecule has 2 aliphatic heterocycles. The maximum Gasteiger partial charge on any atom is 0.246 e. The fourth-order valence-corrected chi connectivity index (χ4v) is 4.24. The monoisotopic (exact) mass is 462 g/mol. The summed E-state index contributed by atoms with van der Waals surface area (Å²) in [5.74, 6) is 0.633. The SMILES string of the molecule is Cc1ccc(C2=CCN(CC(O)COc3ccccc3C=CC(=O)N3CCOCC3)CC2)cc1. The second kappa shape index (κ2) is 12.0. The number of amides is 1. The van der Waals surface area contributed by atoms with Gasteiger partial charge in [0.25, 0.3) is 0 Å². The topological polar surface area (TPSA) is 62.2 Å². The summed E-state index contributed by atoms with van der Waals surface area (Å²) in [5, 5.41) is 10.6. The van der Waals surface area contributed by atoms with Crippen LogP contribution < -0.4 is 4.74 Å². The lowest BCUT2D eigenvalue weighted by atomic mass is 9.98. The number of para-hydroxylation sites is 1. The molecule has 0 radical (unpaired) electrons. The average molecular weight is 463 g/mol. The Labute approximate surface area is 202 Å². The van der Waals surface area contributed by atoms with Crippen molar-refractivity contribution in [2.75, 3.05) is 52.5 Å². The number of carbonyl (C=O) groups is 1. The molecule has 1 N–H and O–H groups in total. The highest BCUT2D eigenvalue weighted by atomic mass is 16.5. The number of morpholine rings is 1. The second-order valence-electron chi connectivity index (χ2n) is 8.88. The molecule has 1 atom stereocenters. The van der Waals surface area contributed by atoms with Crippen molar-refractivity contribution >= 4 is 17.6 Å². The van der Waals surface area contributed by atoms with Gasteiger partial charge in [-0.05, 0) is 36.6 Å². The van der Waals surface area contributed by atoms with Gasteiger partial charge in [0.15, 0.2) is 0 Å². The van der Waals surface area contributed by atoms with Crippen LogP contribution in [0.15, 0.2) is 60.7 Å². The van der Waals surface area contributed by atoms with Gasteiger partial charge < -0.3 is 19.5 Å². The van der Waals surface area contributed by atoms with Gasteiger partial charge in [-0.1, -0.05) is 54.1 Å². The van der Waals surface area contributed by atoms with E-state index in [1.807, 2.05) is 24.3 Å². The Bertz CT molecular complexity index is 1010. The lowest BCUT2D eigenvalue weighted by molar-refractivity contribution is -0.129. The van der Waals surface area contributed by atoms with Gasteiger partial charge in [0.05, 0.1) is 13.2 Å². The van der Waals surface area contributed by atoms with Crippen molar-refractivity contribution in [3.8, 4) is 5.75 Å². The molecule has 6 nitrogen and oxygen atoms in total. The average Bonchev–Trinajstić information content (AvgIpc) is 2.88. The minimum absolute atomic E-state index is 0.0266. The number of ether oxygens (including phenoxy) is 2. The summed E-state index contributed by atoms with van der Waals surface area (Å²) in [6.07, 6.45) is 5.99. The molecule has 4 rings (SSSR count). The third-order valence-corrected chi connectivity index (χ3v) is 6.26.